The standard InChI is InChI=1S/C11H17N5O2S/c1-7(15-11(14)16-10(12)13)8-3-5-9(6-4-8)19(2,17)18/h3-7H,1-2H3,(H6,12,13,14,15,16). The number of hydrogen-bond donors (Lipinski definition) is 3. The number of rotatable bonds is 3. The lowest BCUT2D eigenvalue weighted by Gasteiger charge is -2.08. The molecule has 0 saturated carbocycles. The molecule has 0 bridgehead atoms. The molecule has 0 radical (unpaired) electrons. The Morgan fingerprint density at radius 1 is 1.16 bits per heavy atom. The lowest BCUT2D eigenvalue weighted by atomic mass is 10.1. The smallest absolute Gasteiger partial charge is 0.219 e. The van der Waals surface area contributed by atoms with Crippen molar-refractivity contribution in [3.63, 3.8) is 0 Å². The van der Waals surface area contributed by atoms with Crippen LogP contribution in [0.5, 0.6) is 0 Å². The highest BCUT2D eigenvalue weighted by atomic mass is 32.2. The van der Waals surface area contributed by atoms with Gasteiger partial charge in [0.25, 0.3) is 0 Å². The minimum atomic E-state index is -3.20. The number of hydrogen-bond acceptors (Lipinski definition) is 3. The summed E-state index contributed by atoms with van der Waals surface area (Å²) in [7, 11) is -3.20. The zero-order chi connectivity index (χ0) is 14.6. The molecule has 0 aromatic heterocycles. The summed E-state index contributed by atoms with van der Waals surface area (Å²) in [6, 6.07) is 6.11. The third kappa shape index (κ3) is 4.59. The van der Waals surface area contributed by atoms with Gasteiger partial charge in [0.2, 0.25) is 5.96 Å². The summed E-state index contributed by atoms with van der Waals surface area (Å²) in [5.74, 6) is -0.194. The molecule has 0 heterocycles. The van der Waals surface area contributed by atoms with Gasteiger partial charge in [-0.3, -0.25) is 0 Å². The van der Waals surface area contributed by atoms with Crippen molar-refractivity contribution in [1.29, 1.82) is 0 Å². The first-order chi connectivity index (χ1) is 8.70. The molecule has 8 heteroatoms. The van der Waals surface area contributed by atoms with Gasteiger partial charge in [0.05, 0.1) is 10.9 Å². The van der Waals surface area contributed by atoms with Gasteiger partial charge in [0.15, 0.2) is 15.8 Å². The van der Waals surface area contributed by atoms with Crippen molar-refractivity contribution < 1.29 is 8.42 Å². The zero-order valence-electron chi connectivity index (χ0n) is 10.7. The van der Waals surface area contributed by atoms with Crippen LogP contribution in [-0.4, -0.2) is 26.6 Å². The van der Waals surface area contributed by atoms with Crippen LogP contribution in [0.4, 0.5) is 0 Å². The van der Waals surface area contributed by atoms with Crippen LogP contribution in [-0.2, 0) is 9.84 Å². The van der Waals surface area contributed by atoms with E-state index in [2.05, 4.69) is 9.98 Å². The van der Waals surface area contributed by atoms with Crippen LogP contribution < -0.4 is 17.2 Å². The molecule has 0 amide bonds. The lowest BCUT2D eigenvalue weighted by molar-refractivity contribution is 0.602. The molecule has 0 saturated heterocycles. The van der Waals surface area contributed by atoms with Crippen LogP contribution in [0.15, 0.2) is 39.1 Å². The minimum absolute atomic E-state index is 0.0281. The Morgan fingerprint density at radius 2 is 1.68 bits per heavy atom. The Morgan fingerprint density at radius 3 is 2.11 bits per heavy atom. The molecule has 1 aromatic rings. The van der Waals surface area contributed by atoms with Crippen molar-refractivity contribution in [3.05, 3.63) is 29.8 Å². The Labute approximate surface area is 112 Å². The highest BCUT2D eigenvalue weighted by Gasteiger charge is 2.09. The zero-order valence-corrected chi connectivity index (χ0v) is 11.6. The maximum absolute atomic E-state index is 11.3. The van der Waals surface area contributed by atoms with Gasteiger partial charge >= 0.3 is 0 Å². The van der Waals surface area contributed by atoms with Gasteiger partial charge in [-0.05, 0) is 24.6 Å². The minimum Gasteiger partial charge on any atom is -0.370 e. The molecule has 19 heavy (non-hydrogen) atoms. The first-order valence-corrected chi connectivity index (χ1v) is 7.32. The quantitative estimate of drug-likeness (QED) is 0.518. The highest BCUT2D eigenvalue weighted by Crippen LogP contribution is 2.19. The molecular weight excluding hydrogens is 266 g/mol. The second-order valence-corrected chi connectivity index (χ2v) is 6.06. The van der Waals surface area contributed by atoms with E-state index in [-0.39, 0.29) is 22.9 Å². The number of nitrogens with two attached hydrogens (primary N) is 3. The Hall–Kier alpha value is -2.09. The predicted octanol–water partition coefficient (Wildman–Crippen LogP) is -0.261. The number of aliphatic imine (C=N–C) groups is 2. The molecule has 0 spiro atoms. The fourth-order valence-electron chi connectivity index (χ4n) is 1.43. The summed E-state index contributed by atoms with van der Waals surface area (Å²) in [5.41, 5.74) is 16.7. The molecule has 0 fully saturated rings. The third-order valence-electron chi connectivity index (χ3n) is 2.36. The monoisotopic (exact) mass is 283 g/mol. The van der Waals surface area contributed by atoms with Crippen LogP contribution in [0.25, 0.3) is 0 Å². The predicted molar refractivity (Wildman–Crippen MR) is 75.4 cm³/mol. The summed E-state index contributed by atoms with van der Waals surface area (Å²) < 4.78 is 22.6. The van der Waals surface area contributed by atoms with Gasteiger partial charge in [0.1, 0.15) is 0 Å². The topological polar surface area (TPSA) is 137 Å². The molecule has 0 aliphatic rings. The molecule has 1 rings (SSSR count). The van der Waals surface area contributed by atoms with Gasteiger partial charge in [-0.25, -0.2) is 13.4 Å². The van der Waals surface area contributed by atoms with Gasteiger partial charge in [0, 0.05) is 6.26 Å². The van der Waals surface area contributed by atoms with Gasteiger partial charge in [-0.1, -0.05) is 12.1 Å². The number of guanidine groups is 2. The molecule has 104 valence electrons. The van der Waals surface area contributed by atoms with Gasteiger partial charge in [-0.2, -0.15) is 4.99 Å². The summed E-state index contributed by atoms with van der Waals surface area (Å²) in [4.78, 5) is 7.93. The Bertz CT molecular complexity index is 600. The lowest BCUT2D eigenvalue weighted by Crippen LogP contribution is -2.26. The van der Waals surface area contributed by atoms with E-state index in [0.29, 0.717) is 0 Å². The highest BCUT2D eigenvalue weighted by molar-refractivity contribution is 7.90. The molecule has 6 N–H and O–H groups in total. The molecule has 7 nitrogen and oxygen atoms in total. The summed E-state index contributed by atoms with van der Waals surface area (Å²) in [5, 5.41) is 0. The van der Waals surface area contributed by atoms with Crippen molar-refractivity contribution in [3.8, 4) is 0 Å². The van der Waals surface area contributed by atoms with Crippen molar-refractivity contribution in [2.24, 2.45) is 27.2 Å². The van der Waals surface area contributed by atoms with Crippen molar-refractivity contribution in [2.75, 3.05) is 6.26 Å². The number of nitrogens with zero attached hydrogens (tertiary/aromatic N) is 2. The van der Waals surface area contributed by atoms with Crippen LogP contribution >= 0.6 is 0 Å². The van der Waals surface area contributed by atoms with Gasteiger partial charge < -0.3 is 17.2 Å². The van der Waals surface area contributed by atoms with Crippen LogP contribution in [0.1, 0.15) is 18.5 Å². The maximum atomic E-state index is 11.3. The van der Waals surface area contributed by atoms with Crippen molar-refractivity contribution >= 4 is 21.8 Å². The van der Waals surface area contributed by atoms with E-state index in [0.717, 1.165) is 11.8 Å². The third-order valence-corrected chi connectivity index (χ3v) is 3.49. The van der Waals surface area contributed by atoms with E-state index < -0.39 is 9.84 Å². The average Bonchev–Trinajstić information content (AvgIpc) is 2.26. The number of sulfone groups is 1. The second kappa shape index (κ2) is 5.70. The first kappa shape index (κ1) is 15.0. The molecule has 0 aliphatic heterocycles. The summed E-state index contributed by atoms with van der Waals surface area (Å²) in [6.45, 7) is 1.80. The van der Waals surface area contributed by atoms with Crippen molar-refractivity contribution in [2.45, 2.75) is 17.9 Å². The SMILES string of the molecule is CC(N=C(N)N=C(N)N)c1ccc(S(C)(=O)=O)cc1. The molecule has 1 atom stereocenters. The van der Waals surface area contributed by atoms with E-state index in [1.54, 1.807) is 19.1 Å². The molecule has 0 aliphatic carbocycles. The van der Waals surface area contributed by atoms with E-state index in [1.807, 2.05) is 0 Å². The Balaban J connectivity index is 2.96. The number of benzene rings is 1. The van der Waals surface area contributed by atoms with E-state index in [9.17, 15) is 8.42 Å². The Kier molecular flexibility index (Phi) is 4.49. The molecular formula is C11H17N5O2S. The normalized spacial score (nSPS) is 13.9. The molecule has 1 aromatic carbocycles. The van der Waals surface area contributed by atoms with Crippen LogP contribution in [0.3, 0.4) is 0 Å². The van der Waals surface area contributed by atoms with E-state index >= 15 is 0 Å². The summed E-state index contributed by atoms with van der Waals surface area (Å²) in [6.07, 6.45) is 1.15. The summed E-state index contributed by atoms with van der Waals surface area (Å²) >= 11 is 0. The largest absolute Gasteiger partial charge is 0.370 e. The second-order valence-electron chi connectivity index (χ2n) is 4.04. The molecule has 1 unspecified atom stereocenters. The fraction of sp³-hybridized carbons (Fsp3) is 0.273. The first-order valence-electron chi connectivity index (χ1n) is 5.43. The fourth-order valence-corrected chi connectivity index (χ4v) is 2.06. The van der Waals surface area contributed by atoms with E-state index in [4.69, 9.17) is 17.2 Å². The van der Waals surface area contributed by atoms with Crippen LogP contribution in [0, 0.1) is 0 Å². The average molecular weight is 283 g/mol. The van der Waals surface area contributed by atoms with Crippen LogP contribution in [0.2, 0.25) is 0 Å². The van der Waals surface area contributed by atoms with Gasteiger partial charge in [-0.15, -0.1) is 0 Å². The van der Waals surface area contributed by atoms with E-state index in [1.165, 1.54) is 12.1 Å². The maximum Gasteiger partial charge on any atom is 0.219 e. The van der Waals surface area contributed by atoms with Crippen molar-refractivity contribution in [1.82, 2.24) is 0 Å².